The van der Waals surface area contributed by atoms with E-state index in [-0.39, 0.29) is 5.82 Å². The molecule has 3 heteroatoms. The standard InChI is InChI=1S/C12H18FNS/c1-3-14-10(2)8-9-15-12-7-5-4-6-11(12)13/h4-7,10,14H,3,8-9H2,1-2H3. The monoisotopic (exact) mass is 227 g/mol. The fourth-order valence-electron chi connectivity index (χ4n) is 1.36. The molecule has 0 aliphatic carbocycles. The van der Waals surface area contributed by atoms with Crippen LogP contribution in [0, 0.1) is 5.82 Å². The van der Waals surface area contributed by atoms with E-state index in [1.54, 1.807) is 17.8 Å². The van der Waals surface area contributed by atoms with E-state index in [1.165, 1.54) is 6.07 Å². The lowest BCUT2D eigenvalue weighted by Gasteiger charge is -2.11. The number of hydrogen-bond donors (Lipinski definition) is 1. The topological polar surface area (TPSA) is 12.0 Å². The lowest BCUT2D eigenvalue weighted by molar-refractivity contribution is 0.556. The van der Waals surface area contributed by atoms with Crippen LogP contribution in [0.1, 0.15) is 20.3 Å². The molecule has 0 saturated heterocycles. The summed E-state index contributed by atoms with van der Waals surface area (Å²) in [7, 11) is 0. The van der Waals surface area contributed by atoms with Gasteiger partial charge in [-0.3, -0.25) is 0 Å². The first-order valence-electron chi connectivity index (χ1n) is 5.34. The van der Waals surface area contributed by atoms with Crippen LogP contribution in [-0.4, -0.2) is 18.3 Å². The van der Waals surface area contributed by atoms with Gasteiger partial charge in [-0.25, -0.2) is 4.39 Å². The van der Waals surface area contributed by atoms with E-state index in [0.717, 1.165) is 23.6 Å². The molecule has 1 nitrogen and oxygen atoms in total. The first kappa shape index (κ1) is 12.5. The lowest BCUT2D eigenvalue weighted by Crippen LogP contribution is -2.25. The van der Waals surface area contributed by atoms with E-state index in [1.807, 2.05) is 12.1 Å². The summed E-state index contributed by atoms with van der Waals surface area (Å²) < 4.78 is 13.2. The van der Waals surface area contributed by atoms with Crippen molar-refractivity contribution in [2.75, 3.05) is 12.3 Å². The van der Waals surface area contributed by atoms with Crippen molar-refractivity contribution in [3.05, 3.63) is 30.1 Å². The Hall–Kier alpha value is -0.540. The fraction of sp³-hybridized carbons (Fsp3) is 0.500. The molecule has 0 aliphatic rings. The molecule has 0 saturated carbocycles. The molecule has 0 spiro atoms. The highest BCUT2D eigenvalue weighted by Crippen LogP contribution is 2.22. The normalized spacial score (nSPS) is 12.7. The maximum absolute atomic E-state index is 13.2. The number of nitrogens with one attached hydrogen (secondary N) is 1. The van der Waals surface area contributed by atoms with Crippen molar-refractivity contribution in [3.63, 3.8) is 0 Å². The molecule has 0 aromatic heterocycles. The van der Waals surface area contributed by atoms with Gasteiger partial charge in [0.05, 0.1) is 0 Å². The van der Waals surface area contributed by atoms with Crippen LogP contribution < -0.4 is 5.32 Å². The number of rotatable bonds is 6. The van der Waals surface area contributed by atoms with Gasteiger partial charge in [-0.15, -0.1) is 11.8 Å². The maximum atomic E-state index is 13.2. The summed E-state index contributed by atoms with van der Waals surface area (Å²) in [4.78, 5) is 0.751. The van der Waals surface area contributed by atoms with Crippen molar-refractivity contribution in [1.29, 1.82) is 0 Å². The van der Waals surface area contributed by atoms with Crippen LogP contribution in [0.15, 0.2) is 29.2 Å². The van der Waals surface area contributed by atoms with Crippen molar-refractivity contribution < 1.29 is 4.39 Å². The van der Waals surface area contributed by atoms with Crippen molar-refractivity contribution in [2.45, 2.75) is 31.2 Å². The minimum atomic E-state index is -0.112. The highest BCUT2D eigenvalue weighted by Gasteiger charge is 2.03. The molecule has 0 aliphatic heterocycles. The summed E-state index contributed by atoms with van der Waals surface area (Å²) in [6.45, 7) is 5.25. The van der Waals surface area contributed by atoms with Crippen molar-refractivity contribution in [2.24, 2.45) is 0 Å². The van der Waals surface area contributed by atoms with Crippen LogP contribution in [0.4, 0.5) is 4.39 Å². The maximum Gasteiger partial charge on any atom is 0.136 e. The van der Waals surface area contributed by atoms with Crippen LogP contribution in [0.5, 0.6) is 0 Å². The molecule has 0 heterocycles. The fourth-order valence-corrected chi connectivity index (χ4v) is 2.43. The third-order valence-electron chi connectivity index (χ3n) is 2.20. The van der Waals surface area contributed by atoms with Crippen molar-refractivity contribution in [1.82, 2.24) is 5.32 Å². The first-order chi connectivity index (χ1) is 7.24. The van der Waals surface area contributed by atoms with Gasteiger partial charge in [0.15, 0.2) is 0 Å². The first-order valence-corrected chi connectivity index (χ1v) is 6.33. The Labute approximate surface area is 95.5 Å². The molecule has 0 bridgehead atoms. The number of halogens is 1. The summed E-state index contributed by atoms with van der Waals surface area (Å²) in [6.07, 6.45) is 1.06. The molecule has 0 fully saturated rings. The zero-order valence-electron chi connectivity index (χ0n) is 9.29. The van der Waals surface area contributed by atoms with Gasteiger partial charge in [-0.05, 0) is 37.8 Å². The number of benzene rings is 1. The van der Waals surface area contributed by atoms with Gasteiger partial charge in [0, 0.05) is 10.9 Å². The SMILES string of the molecule is CCNC(C)CCSc1ccccc1F. The van der Waals surface area contributed by atoms with Gasteiger partial charge in [-0.1, -0.05) is 19.1 Å². The third-order valence-corrected chi connectivity index (χ3v) is 3.28. The Morgan fingerprint density at radius 3 is 2.80 bits per heavy atom. The molecule has 0 amide bonds. The minimum Gasteiger partial charge on any atom is -0.315 e. The second kappa shape index (κ2) is 6.85. The second-order valence-corrected chi connectivity index (χ2v) is 4.66. The van der Waals surface area contributed by atoms with E-state index < -0.39 is 0 Å². The molecule has 0 radical (unpaired) electrons. The van der Waals surface area contributed by atoms with Crippen LogP contribution in [0.2, 0.25) is 0 Å². The Balaban J connectivity index is 2.29. The summed E-state index contributed by atoms with van der Waals surface area (Å²) in [6, 6.07) is 7.45. The zero-order chi connectivity index (χ0) is 11.1. The molecule has 15 heavy (non-hydrogen) atoms. The van der Waals surface area contributed by atoms with E-state index in [0.29, 0.717) is 6.04 Å². The highest BCUT2D eigenvalue weighted by molar-refractivity contribution is 7.99. The smallest absolute Gasteiger partial charge is 0.136 e. The van der Waals surface area contributed by atoms with Crippen molar-refractivity contribution in [3.8, 4) is 0 Å². The van der Waals surface area contributed by atoms with Crippen LogP contribution in [0.25, 0.3) is 0 Å². The van der Waals surface area contributed by atoms with Crippen LogP contribution >= 0.6 is 11.8 Å². The summed E-state index contributed by atoms with van der Waals surface area (Å²) in [5.41, 5.74) is 0. The van der Waals surface area contributed by atoms with E-state index in [4.69, 9.17) is 0 Å². The molecule has 1 N–H and O–H groups in total. The largest absolute Gasteiger partial charge is 0.315 e. The number of hydrogen-bond acceptors (Lipinski definition) is 2. The quantitative estimate of drug-likeness (QED) is 0.748. The molecule has 1 unspecified atom stereocenters. The van der Waals surface area contributed by atoms with E-state index >= 15 is 0 Å². The second-order valence-electron chi connectivity index (χ2n) is 3.53. The van der Waals surface area contributed by atoms with Gasteiger partial charge in [0.2, 0.25) is 0 Å². The summed E-state index contributed by atoms with van der Waals surface area (Å²) >= 11 is 1.59. The minimum absolute atomic E-state index is 0.112. The Bertz CT molecular complexity index is 291. The average molecular weight is 227 g/mol. The Kier molecular flexibility index (Phi) is 5.73. The van der Waals surface area contributed by atoms with Gasteiger partial charge in [0.1, 0.15) is 5.82 Å². The third kappa shape index (κ3) is 4.67. The van der Waals surface area contributed by atoms with E-state index in [9.17, 15) is 4.39 Å². The predicted octanol–water partition coefficient (Wildman–Crippen LogP) is 3.31. The molecule has 1 atom stereocenters. The van der Waals surface area contributed by atoms with Gasteiger partial charge in [-0.2, -0.15) is 0 Å². The predicted molar refractivity (Wildman–Crippen MR) is 64.9 cm³/mol. The molecule has 1 rings (SSSR count). The van der Waals surface area contributed by atoms with Gasteiger partial charge < -0.3 is 5.32 Å². The van der Waals surface area contributed by atoms with Crippen molar-refractivity contribution >= 4 is 11.8 Å². The summed E-state index contributed by atoms with van der Waals surface area (Å²) in [5.74, 6) is 0.841. The molecule has 1 aromatic rings. The van der Waals surface area contributed by atoms with E-state index in [2.05, 4.69) is 19.2 Å². The molecule has 1 aromatic carbocycles. The summed E-state index contributed by atoms with van der Waals surface area (Å²) in [5, 5.41) is 3.34. The highest BCUT2D eigenvalue weighted by atomic mass is 32.2. The molecular weight excluding hydrogens is 209 g/mol. The Morgan fingerprint density at radius 2 is 2.13 bits per heavy atom. The van der Waals surface area contributed by atoms with Crippen LogP contribution in [0.3, 0.4) is 0 Å². The van der Waals surface area contributed by atoms with Crippen LogP contribution in [-0.2, 0) is 0 Å². The lowest BCUT2D eigenvalue weighted by atomic mass is 10.3. The number of thioether (sulfide) groups is 1. The van der Waals surface area contributed by atoms with Gasteiger partial charge in [0.25, 0.3) is 0 Å². The zero-order valence-corrected chi connectivity index (χ0v) is 10.1. The van der Waals surface area contributed by atoms with Gasteiger partial charge >= 0.3 is 0 Å². The Morgan fingerprint density at radius 1 is 1.40 bits per heavy atom. The molecule has 84 valence electrons. The average Bonchev–Trinajstić information content (AvgIpc) is 2.21. The molecular formula is C12H18FNS.